The van der Waals surface area contributed by atoms with Crippen molar-refractivity contribution in [3.63, 3.8) is 0 Å². The van der Waals surface area contributed by atoms with E-state index in [-0.39, 0.29) is 18.6 Å². The van der Waals surface area contributed by atoms with E-state index in [1.54, 1.807) is 0 Å². The number of carbonyl (C=O) groups is 1. The monoisotopic (exact) mass is 301 g/mol. The minimum atomic E-state index is 0.000478. The predicted octanol–water partition coefficient (Wildman–Crippen LogP) is 3.54. The van der Waals surface area contributed by atoms with Crippen LogP contribution in [0.25, 0.3) is 0 Å². The molecule has 0 saturated carbocycles. The van der Waals surface area contributed by atoms with Gasteiger partial charge in [-0.1, -0.05) is 23.7 Å². The topological polar surface area (TPSA) is 47.6 Å². The summed E-state index contributed by atoms with van der Waals surface area (Å²) in [5.41, 5.74) is 2.89. The van der Waals surface area contributed by atoms with E-state index in [1.807, 2.05) is 36.4 Å². The summed E-state index contributed by atoms with van der Waals surface area (Å²) in [6, 6.07) is 11.4. The van der Waals surface area contributed by atoms with Crippen molar-refractivity contribution >= 4 is 23.2 Å². The zero-order chi connectivity index (χ0) is 14.4. The van der Waals surface area contributed by atoms with Crippen molar-refractivity contribution in [3.8, 4) is 11.5 Å². The summed E-state index contributed by atoms with van der Waals surface area (Å²) in [7, 11) is 0. The normalized spacial score (nSPS) is 19.1. The predicted molar refractivity (Wildman–Crippen MR) is 79.1 cm³/mol. The first-order valence-corrected chi connectivity index (χ1v) is 7.07. The second-order valence-corrected chi connectivity index (χ2v) is 5.59. The third kappa shape index (κ3) is 2.12. The molecule has 4 nitrogen and oxygen atoms in total. The fourth-order valence-corrected chi connectivity index (χ4v) is 2.97. The van der Waals surface area contributed by atoms with Crippen LogP contribution in [-0.4, -0.2) is 12.7 Å². The summed E-state index contributed by atoms with van der Waals surface area (Å²) < 4.78 is 10.8. The Morgan fingerprint density at radius 3 is 2.57 bits per heavy atom. The van der Waals surface area contributed by atoms with Crippen molar-refractivity contribution < 1.29 is 14.3 Å². The van der Waals surface area contributed by atoms with Crippen molar-refractivity contribution in [1.29, 1.82) is 0 Å². The van der Waals surface area contributed by atoms with Gasteiger partial charge in [0.05, 0.1) is 0 Å². The molecule has 106 valence electrons. The maximum Gasteiger partial charge on any atom is 0.231 e. The molecule has 0 aliphatic carbocycles. The largest absolute Gasteiger partial charge is 0.454 e. The Balaban J connectivity index is 1.83. The molecule has 0 bridgehead atoms. The maximum atomic E-state index is 12.0. The molecule has 0 aromatic heterocycles. The highest BCUT2D eigenvalue weighted by atomic mass is 35.5. The summed E-state index contributed by atoms with van der Waals surface area (Å²) in [5, 5.41) is 3.59. The molecule has 2 aromatic rings. The van der Waals surface area contributed by atoms with Crippen LogP contribution >= 0.6 is 11.6 Å². The Morgan fingerprint density at radius 1 is 1.10 bits per heavy atom. The number of carbonyl (C=O) groups excluding carboxylic acids is 1. The number of hydrogen-bond acceptors (Lipinski definition) is 3. The average Bonchev–Trinajstić information content (AvgIpc) is 2.92. The van der Waals surface area contributed by atoms with Gasteiger partial charge in [-0.15, -0.1) is 0 Å². The molecule has 0 saturated heterocycles. The van der Waals surface area contributed by atoms with Gasteiger partial charge in [-0.25, -0.2) is 0 Å². The highest BCUT2D eigenvalue weighted by molar-refractivity contribution is 6.30. The van der Waals surface area contributed by atoms with Gasteiger partial charge >= 0.3 is 0 Å². The summed E-state index contributed by atoms with van der Waals surface area (Å²) in [5.74, 6) is 1.40. The first-order valence-electron chi connectivity index (χ1n) is 6.69. The number of fused-ring (bicyclic) bond motifs is 2. The Hall–Kier alpha value is -2.20. The van der Waals surface area contributed by atoms with E-state index in [9.17, 15) is 4.79 Å². The van der Waals surface area contributed by atoms with E-state index >= 15 is 0 Å². The van der Waals surface area contributed by atoms with Crippen LogP contribution < -0.4 is 14.8 Å². The van der Waals surface area contributed by atoms with Gasteiger partial charge in [0.1, 0.15) is 0 Å². The molecule has 1 amide bonds. The van der Waals surface area contributed by atoms with Gasteiger partial charge in [0.2, 0.25) is 12.7 Å². The smallest absolute Gasteiger partial charge is 0.231 e. The summed E-state index contributed by atoms with van der Waals surface area (Å²) in [6.07, 6.45) is 0.411. The van der Waals surface area contributed by atoms with E-state index in [0.717, 1.165) is 22.6 Å². The van der Waals surface area contributed by atoms with Gasteiger partial charge in [-0.2, -0.15) is 0 Å². The Bertz CT molecular complexity index is 727. The number of rotatable bonds is 1. The van der Waals surface area contributed by atoms with Crippen LogP contribution in [0.15, 0.2) is 36.4 Å². The average molecular weight is 302 g/mol. The van der Waals surface area contributed by atoms with Crippen LogP contribution in [0.4, 0.5) is 5.69 Å². The van der Waals surface area contributed by atoms with Gasteiger partial charge in [0.25, 0.3) is 0 Å². The fourth-order valence-electron chi connectivity index (χ4n) is 2.84. The first kappa shape index (κ1) is 12.5. The second-order valence-electron chi connectivity index (χ2n) is 5.15. The Morgan fingerprint density at radius 2 is 1.81 bits per heavy atom. The molecule has 0 spiro atoms. The Kier molecular flexibility index (Phi) is 2.79. The van der Waals surface area contributed by atoms with Crippen LogP contribution in [0.5, 0.6) is 11.5 Å². The lowest BCUT2D eigenvalue weighted by Gasteiger charge is -2.26. The van der Waals surface area contributed by atoms with Gasteiger partial charge in [0.15, 0.2) is 11.5 Å². The van der Waals surface area contributed by atoms with Gasteiger partial charge in [-0.3, -0.25) is 4.79 Å². The SMILES string of the molecule is O=C1CC(c2ccc(Cl)cc2)c2cc3c(cc2N1)OCO3. The quantitative estimate of drug-likeness (QED) is 0.876. The fraction of sp³-hybridized carbons (Fsp3) is 0.188. The van der Waals surface area contributed by atoms with E-state index in [2.05, 4.69) is 5.32 Å². The Labute approximate surface area is 126 Å². The van der Waals surface area contributed by atoms with Gasteiger partial charge in [-0.05, 0) is 29.3 Å². The van der Waals surface area contributed by atoms with Crippen LogP contribution in [0, 0.1) is 0 Å². The molecule has 5 heteroatoms. The number of benzene rings is 2. The molecule has 2 heterocycles. The third-order valence-corrected chi connectivity index (χ3v) is 4.11. The number of amides is 1. The van der Waals surface area contributed by atoms with Crippen LogP contribution in [0.2, 0.25) is 5.02 Å². The molecule has 2 aliphatic rings. The minimum absolute atomic E-state index is 0.000478. The van der Waals surface area contributed by atoms with Crippen molar-refractivity contribution in [2.75, 3.05) is 12.1 Å². The molecule has 1 N–H and O–H groups in total. The number of anilines is 1. The van der Waals surface area contributed by atoms with Crippen molar-refractivity contribution in [1.82, 2.24) is 0 Å². The number of ether oxygens (including phenoxy) is 2. The lowest BCUT2D eigenvalue weighted by molar-refractivity contribution is -0.116. The zero-order valence-corrected chi connectivity index (χ0v) is 11.8. The highest BCUT2D eigenvalue weighted by Crippen LogP contribution is 2.44. The van der Waals surface area contributed by atoms with Gasteiger partial charge < -0.3 is 14.8 Å². The van der Waals surface area contributed by atoms with Crippen molar-refractivity contribution in [3.05, 3.63) is 52.5 Å². The number of hydrogen-bond donors (Lipinski definition) is 1. The van der Waals surface area contributed by atoms with Crippen LogP contribution in [-0.2, 0) is 4.79 Å². The summed E-state index contributed by atoms with van der Waals surface area (Å²) in [6.45, 7) is 0.220. The molecule has 1 unspecified atom stereocenters. The summed E-state index contributed by atoms with van der Waals surface area (Å²) >= 11 is 5.94. The van der Waals surface area contributed by atoms with E-state index in [1.165, 1.54) is 0 Å². The first-order chi connectivity index (χ1) is 10.2. The zero-order valence-electron chi connectivity index (χ0n) is 11.1. The molecular formula is C16H12ClNO3. The second kappa shape index (κ2) is 4.67. The number of nitrogens with one attached hydrogen (secondary N) is 1. The van der Waals surface area contributed by atoms with Crippen molar-refractivity contribution in [2.45, 2.75) is 12.3 Å². The molecule has 0 fully saturated rings. The van der Waals surface area contributed by atoms with E-state index in [4.69, 9.17) is 21.1 Å². The molecule has 1 atom stereocenters. The number of halogens is 1. The molecule has 21 heavy (non-hydrogen) atoms. The molecular weight excluding hydrogens is 290 g/mol. The van der Waals surface area contributed by atoms with E-state index < -0.39 is 0 Å². The van der Waals surface area contributed by atoms with E-state index in [0.29, 0.717) is 17.2 Å². The van der Waals surface area contributed by atoms with Crippen molar-refractivity contribution in [2.24, 2.45) is 0 Å². The third-order valence-electron chi connectivity index (χ3n) is 3.86. The highest BCUT2D eigenvalue weighted by Gasteiger charge is 2.29. The lowest BCUT2D eigenvalue weighted by atomic mass is 9.84. The molecule has 0 radical (unpaired) electrons. The lowest BCUT2D eigenvalue weighted by Crippen LogP contribution is -2.23. The summed E-state index contributed by atoms with van der Waals surface area (Å²) in [4.78, 5) is 12.0. The van der Waals surface area contributed by atoms with Crippen LogP contribution in [0.3, 0.4) is 0 Å². The maximum absolute atomic E-state index is 12.0. The molecule has 4 rings (SSSR count). The standard InChI is InChI=1S/C16H12ClNO3/c17-10-3-1-9(2-4-10)11-6-16(19)18-13-7-15-14(5-12(11)13)20-8-21-15/h1-5,7,11H,6,8H2,(H,18,19). The van der Waals surface area contributed by atoms with Gasteiger partial charge in [0, 0.05) is 29.1 Å². The molecule has 2 aliphatic heterocycles. The molecule has 2 aromatic carbocycles. The van der Waals surface area contributed by atoms with Crippen LogP contribution in [0.1, 0.15) is 23.5 Å². The minimum Gasteiger partial charge on any atom is -0.454 e.